The SMILES string of the molecule is CC(=O)NCCCCCCCOC1C(OCc2ccccc2)C(OCc2ccccc2)C(OCc2ccccc2)C2(O)C3(CCCCC3)C12O. The summed E-state index contributed by atoms with van der Waals surface area (Å²) in [7, 11) is 0. The lowest BCUT2D eigenvalue weighted by Gasteiger charge is -2.46. The van der Waals surface area contributed by atoms with E-state index < -0.39 is 41.0 Å². The minimum Gasteiger partial charge on any atom is -0.383 e. The molecule has 0 saturated heterocycles. The molecule has 3 fully saturated rings. The van der Waals surface area contributed by atoms with Crippen molar-refractivity contribution in [2.75, 3.05) is 13.2 Å². The van der Waals surface area contributed by atoms with Crippen LogP contribution in [0.2, 0.25) is 0 Å². The number of benzene rings is 3. The average molecular weight is 686 g/mol. The minimum atomic E-state index is -1.57. The van der Waals surface area contributed by atoms with E-state index in [9.17, 15) is 15.0 Å². The van der Waals surface area contributed by atoms with Gasteiger partial charge in [-0.3, -0.25) is 4.79 Å². The van der Waals surface area contributed by atoms with E-state index in [1.54, 1.807) is 6.92 Å². The van der Waals surface area contributed by atoms with Crippen LogP contribution in [0.15, 0.2) is 91.0 Å². The van der Waals surface area contributed by atoms with Crippen LogP contribution in [0.5, 0.6) is 0 Å². The molecular formula is C42H55NO7. The van der Waals surface area contributed by atoms with Gasteiger partial charge >= 0.3 is 0 Å². The van der Waals surface area contributed by atoms with Gasteiger partial charge in [-0.1, -0.05) is 130 Å². The molecule has 0 bridgehead atoms. The molecule has 50 heavy (non-hydrogen) atoms. The highest BCUT2D eigenvalue weighted by Gasteiger charge is 2.95. The summed E-state index contributed by atoms with van der Waals surface area (Å²) in [5, 5.41) is 28.9. The van der Waals surface area contributed by atoms with Gasteiger partial charge in [0.1, 0.15) is 35.6 Å². The summed E-state index contributed by atoms with van der Waals surface area (Å²) >= 11 is 0. The molecule has 0 aliphatic heterocycles. The molecule has 0 radical (unpaired) electrons. The number of carbonyl (C=O) groups excluding carboxylic acids is 1. The molecule has 3 N–H and O–H groups in total. The van der Waals surface area contributed by atoms with E-state index in [4.69, 9.17) is 18.9 Å². The van der Waals surface area contributed by atoms with Crippen molar-refractivity contribution < 1.29 is 34.0 Å². The van der Waals surface area contributed by atoms with Crippen LogP contribution in [0, 0.1) is 5.41 Å². The first-order chi connectivity index (χ1) is 24.4. The van der Waals surface area contributed by atoms with E-state index in [1.165, 1.54) is 0 Å². The molecule has 8 heteroatoms. The minimum absolute atomic E-state index is 0.00221. The lowest BCUT2D eigenvalue weighted by atomic mass is 9.81. The van der Waals surface area contributed by atoms with Gasteiger partial charge < -0.3 is 34.5 Å². The first-order valence-electron chi connectivity index (χ1n) is 18.7. The first-order valence-corrected chi connectivity index (χ1v) is 18.7. The number of hydrogen-bond acceptors (Lipinski definition) is 7. The van der Waals surface area contributed by atoms with E-state index >= 15 is 0 Å². The van der Waals surface area contributed by atoms with Crippen molar-refractivity contribution in [3.63, 3.8) is 0 Å². The third-order valence-electron chi connectivity index (χ3n) is 11.3. The Morgan fingerprint density at radius 3 is 1.56 bits per heavy atom. The lowest BCUT2D eigenvalue weighted by molar-refractivity contribution is -0.272. The summed E-state index contributed by atoms with van der Waals surface area (Å²) in [5.74, 6) is 0.00221. The Hall–Kier alpha value is -3.11. The van der Waals surface area contributed by atoms with Gasteiger partial charge in [-0.05, 0) is 42.4 Å². The summed E-state index contributed by atoms with van der Waals surface area (Å²) in [4.78, 5) is 11.2. The second-order valence-electron chi connectivity index (χ2n) is 14.5. The summed E-state index contributed by atoms with van der Waals surface area (Å²) < 4.78 is 27.1. The second kappa shape index (κ2) is 16.9. The van der Waals surface area contributed by atoms with Crippen molar-refractivity contribution in [1.82, 2.24) is 5.32 Å². The Bertz CT molecular complexity index is 1470. The average Bonchev–Trinajstić information content (AvgIpc) is 3.56. The quantitative estimate of drug-likeness (QED) is 0.129. The standard InChI is InChI=1S/C42H55NO7/c1-32(44)43-27-17-3-2-4-18-28-47-38-36(48-29-33-19-9-5-10-20-33)37(49-30-34-21-11-6-12-22-34)39(50-31-35-23-13-7-14-24-35)42(46)40(41(38,42)45)25-15-8-16-26-40/h5-7,9-14,19-24,36-39,45-46H,2-4,8,15-18,25-31H2,1H3,(H,43,44). The number of amides is 1. The van der Waals surface area contributed by atoms with Gasteiger partial charge in [0.05, 0.1) is 19.8 Å². The zero-order valence-corrected chi connectivity index (χ0v) is 29.5. The summed E-state index contributed by atoms with van der Waals surface area (Å²) in [5.41, 5.74) is -0.927. The van der Waals surface area contributed by atoms with Crippen molar-refractivity contribution >= 4 is 5.91 Å². The van der Waals surface area contributed by atoms with Crippen molar-refractivity contribution in [3.8, 4) is 0 Å². The Morgan fingerprint density at radius 2 is 1.06 bits per heavy atom. The predicted molar refractivity (Wildman–Crippen MR) is 192 cm³/mol. The van der Waals surface area contributed by atoms with Crippen LogP contribution in [0.25, 0.3) is 0 Å². The third kappa shape index (κ3) is 7.57. The van der Waals surface area contributed by atoms with Crippen LogP contribution in [0.1, 0.15) is 87.8 Å². The van der Waals surface area contributed by atoms with E-state index in [1.807, 2.05) is 91.0 Å². The topological polar surface area (TPSA) is 106 Å². The molecule has 8 nitrogen and oxygen atoms in total. The van der Waals surface area contributed by atoms with Gasteiger partial charge in [-0.15, -0.1) is 0 Å². The maximum Gasteiger partial charge on any atom is 0.216 e. The highest BCUT2D eigenvalue weighted by atomic mass is 16.6. The van der Waals surface area contributed by atoms with Crippen molar-refractivity contribution in [2.45, 2.75) is 127 Å². The van der Waals surface area contributed by atoms with Gasteiger partial charge in [0.25, 0.3) is 0 Å². The number of nitrogens with one attached hydrogen (secondary N) is 1. The van der Waals surface area contributed by atoms with Crippen LogP contribution in [-0.4, -0.2) is 64.9 Å². The second-order valence-corrected chi connectivity index (χ2v) is 14.5. The Kier molecular flexibility index (Phi) is 12.4. The van der Waals surface area contributed by atoms with Crippen molar-refractivity contribution in [3.05, 3.63) is 108 Å². The Labute approximate surface area is 297 Å². The van der Waals surface area contributed by atoms with Crippen molar-refractivity contribution in [1.29, 1.82) is 0 Å². The van der Waals surface area contributed by atoms with Gasteiger partial charge in [0.15, 0.2) is 0 Å². The smallest absolute Gasteiger partial charge is 0.216 e. The molecule has 3 saturated carbocycles. The molecule has 0 heterocycles. The summed E-state index contributed by atoms with van der Waals surface area (Å²) in [6.07, 6.45) is 5.98. The number of ether oxygens (including phenoxy) is 4. The molecule has 3 aliphatic rings. The molecule has 6 rings (SSSR count). The molecule has 6 unspecified atom stereocenters. The van der Waals surface area contributed by atoms with Gasteiger partial charge in [-0.25, -0.2) is 0 Å². The largest absolute Gasteiger partial charge is 0.383 e. The molecule has 3 aliphatic carbocycles. The number of fused-ring (bicyclic) bond motifs is 3. The Balaban J connectivity index is 1.29. The van der Waals surface area contributed by atoms with Crippen LogP contribution >= 0.6 is 0 Å². The summed E-state index contributed by atoms with van der Waals surface area (Å²) in [6.45, 7) is 3.54. The first kappa shape index (κ1) is 36.7. The van der Waals surface area contributed by atoms with Gasteiger partial charge in [-0.2, -0.15) is 0 Å². The zero-order chi connectivity index (χ0) is 34.9. The fraction of sp³-hybridized carbons (Fsp3) is 0.548. The highest BCUT2D eigenvalue weighted by molar-refractivity contribution is 5.72. The van der Waals surface area contributed by atoms with Gasteiger partial charge in [0, 0.05) is 25.5 Å². The fourth-order valence-corrected chi connectivity index (χ4v) is 8.75. The number of rotatable bonds is 18. The monoisotopic (exact) mass is 685 g/mol. The number of carbonyl (C=O) groups is 1. The molecule has 1 spiro atoms. The molecule has 1 amide bonds. The van der Waals surface area contributed by atoms with Crippen LogP contribution in [0.3, 0.4) is 0 Å². The molecule has 3 aromatic carbocycles. The van der Waals surface area contributed by atoms with E-state index in [0.717, 1.165) is 68.1 Å². The van der Waals surface area contributed by atoms with Crippen LogP contribution in [-0.2, 0) is 43.6 Å². The van der Waals surface area contributed by atoms with Crippen LogP contribution < -0.4 is 5.32 Å². The van der Waals surface area contributed by atoms with Crippen LogP contribution in [0.4, 0.5) is 0 Å². The van der Waals surface area contributed by atoms with E-state index in [2.05, 4.69) is 5.32 Å². The molecule has 270 valence electrons. The normalized spacial score (nSPS) is 28.2. The predicted octanol–water partition coefficient (Wildman–Crippen LogP) is 6.65. The number of aliphatic hydroxyl groups is 2. The van der Waals surface area contributed by atoms with Gasteiger partial charge in [0.2, 0.25) is 5.91 Å². The molecular weight excluding hydrogens is 630 g/mol. The van der Waals surface area contributed by atoms with E-state index in [-0.39, 0.29) is 12.5 Å². The number of hydrogen-bond donors (Lipinski definition) is 3. The molecule has 0 aromatic heterocycles. The third-order valence-corrected chi connectivity index (χ3v) is 11.3. The van der Waals surface area contributed by atoms with Crippen molar-refractivity contribution in [2.24, 2.45) is 5.41 Å². The summed E-state index contributed by atoms with van der Waals surface area (Å²) in [6, 6.07) is 30.0. The highest BCUT2D eigenvalue weighted by Crippen LogP contribution is 2.77. The number of unbranched alkanes of at least 4 members (excludes halogenated alkanes) is 4. The lowest BCUT2D eigenvalue weighted by Crippen LogP contribution is -2.66. The maximum atomic E-state index is 13.0. The zero-order valence-electron chi connectivity index (χ0n) is 29.5. The molecule has 3 aromatic rings. The maximum absolute atomic E-state index is 13.0. The Morgan fingerprint density at radius 1 is 0.620 bits per heavy atom. The van der Waals surface area contributed by atoms with E-state index in [0.29, 0.717) is 39.2 Å². The molecule has 6 atom stereocenters. The fourth-order valence-electron chi connectivity index (χ4n) is 8.75.